The van der Waals surface area contributed by atoms with E-state index in [-0.39, 0.29) is 0 Å². The van der Waals surface area contributed by atoms with Gasteiger partial charge in [0.2, 0.25) is 0 Å². The van der Waals surface area contributed by atoms with E-state index in [9.17, 15) is 0 Å². The van der Waals surface area contributed by atoms with Crippen molar-refractivity contribution in [2.24, 2.45) is 0 Å². The first kappa shape index (κ1) is 12.9. The van der Waals surface area contributed by atoms with Crippen molar-refractivity contribution in [3.05, 3.63) is 64.6 Å². The van der Waals surface area contributed by atoms with Crippen LogP contribution in [0.5, 0.6) is 0 Å². The van der Waals surface area contributed by atoms with Crippen LogP contribution in [-0.2, 0) is 0 Å². The van der Waals surface area contributed by atoms with Gasteiger partial charge in [0.15, 0.2) is 0 Å². The Hall–Kier alpha value is -2.07. The summed E-state index contributed by atoms with van der Waals surface area (Å²) >= 11 is 3.43. The summed E-state index contributed by atoms with van der Waals surface area (Å²) in [6.07, 6.45) is 0. The van der Waals surface area contributed by atoms with E-state index in [1.54, 1.807) is 4.68 Å². The van der Waals surface area contributed by atoms with Gasteiger partial charge < -0.3 is 5.73 Å². The van der Waals surface area contributed by atoms with Crippen molar-refractivity contribution >= 4 is 21.7 Å². The van der Waals surface area contributed by atoms with Crippen molar-refractivity contribution in [1.29, 1.82) is 0 Å². The van der Waals surface area contributed by atoms with E-state index < -0.39 is 0 Å². The molecule has 0 unspecified atom stereocenters. The van der Waals surface area contributed by atoms with Crippen LogP contribution < -0.4 is 5.73 Å². The predicted molar refractivity (Wildman–Crippen MR) is 85.8 cm³/mol. The summed E-state index contributed by atoms with van der Waals surface area (Å²) < 4.78 is 2.81. The van der Waals surface area contributed by atoms with Gasteiger partial charge in [0, 0.05) is 16.1 Å². The highest BCUT2D eigenvalue weighted by Crippen LogP contribution is 2.24. The molecule has 4 heteroatoms. The number of hydrogen-bond donors (Lipinski definition) is 1. The Balaban J connectivity index is 2.02. The molecule has 0 radical (unpaired) electrons. The molecule has 20 heavy (non-hydrogen) atoms. The molecule has 0 saturated heterocycles. The normalized spacial score (nSPS) is 10.7. The van der Waals surface area contributed by atoms with Gasteiger partial charge in [-0.05, 0) is 31.2 Å². The molecule has 0 aliphatic carbocycles. The van der Waals surface area contributed by atoms with E-state index in [2.05, 4.69) is 40.1 Å². The number of nitrogen functional groups attached to an aromatic ring is 1. The quantitative estimate of drug-likeness (QED) is 0.766. The molecule has 2 aromatic carbocycles. The molecule has 1 aromatic heterocycles. The maximum Gasteiger partial charge on any atom is 0.127 e. The third-order valence-electron chi connectivity index (χ3n) is 3.16. The van der Waals surface area contributed by atoms with Crippen LogP contribution in [0.3, 0.4) is 0 Å². The van der Waals surface area contributed by atoms with E-state index in [1.807, 2.05) is 42.5 Å². The van der Waals surface area contributed by atoms with Gasteiger partial charge in [0.05, 0.1) is 11.4 Å². The molecule has 0 amide bonds. The van der Waals surface area contributed by atoms with Gasteiger partial charge >= 0.3 is 0 Å². The Kier molecular flexibility index (Phi) is 3.32. The Labute approximate surface area is 126 Å². The lowest BCUT2D eigenvalue weighted by molar-refractivity contribution is 0.894. The fraction of sp³-hybridized carbons (Fsp3) is 0.0625. The summed E-state index contributed by atoms with van der Waals surface area (Å²) in [4.78, 5) is 0. The van der Waals surface area contributed by atoms with Crippen molar-refractivity contribution in [2.75, 3.05) is 5.73 Å². The average Bonchev–Trinajstić information content (AvgIpc) is 2.82. The highest BCUT2D eigenvalue weighted by molar-refractivity contribution is 9.10. The number of nitrogens with zero attached hydrogens (tertiary/aromatic N) is 2. The number of aryl methyl sites for hydroxylation is 1. The summed E-state index contributed by atoms with van der Waals surface area (Å²) in [5, 5.41) is 4.59. The van der Waals surface area contributed by atoms with E-state index >= 15 is 0 Å². The topological polar surface area (TPSA) is 43.8 Å². The van der Waals surface area contributed by atoms with Crippen LogP contribution in [0.4, 0.5) is 5.82 Å². The number of anilines is 1. The van der Waals surface area contributed by atoms with Gasteiger partial charge in [-0.2, -0.15) is 5.10 Å². The minimum atomic E-state index is 0.631. The number of nitrogens with two attached hydrogens (primary N) is 1. The van der Waals surface area contributed by atoms with Crippen LogP contribution in [0, 0.1) is 6.92 Å². The second kappa shape index (κ2) is 5.13. The maximum atomic E-state index is 6.07. The van der Waals surface area contributed by atoms with Gasteiger partial charge in [0.25, 0.3) is 0 Å². The van der Waals surface area contributed by atoms with Gasteiger partial charge in [-0.1, -0.05) is 45.8 Å². The third-order valence-corrected chi connectivity index (χ3v) is 3.68. The SMILES string of the molecule is Cc1ccc(-n2nc(-c3ccc(Br)cc3)cc2N)cc1. The molecule has 3 rings (SSSR count). The van der Waals surface area contributed by atoms with Gasteiger partial charge in [-0.25, -0.2) is 4.68 Å². The lowest BCUT2D eigenvalue weighted by Gasteiger charge is -2.04. The molecule has 3 aromatic rings. The molecule has 100 valence electrons. The average molecular weight is 328 g/mol. The summed E-state index contributed by atoms with van der Waals surface area (Å²) in [6.45, 7) is 2.06. The van der Waals surface area contributed by atoms with E-state index in [0.29, 0.717) is 5.82 Å². The highest BCUT2D eigenvalue weighted by Gasteiger charge is 2.08. The predicted octanol–water partition coefficient (Wildman–Crippen LogP) is 4.19. The largest absolute Gasteiger partial charge is 0.384 e. The Bertz CT molecular complexity index is 727. The number of halogens is 1. The molecule has 3 nitrogen and oxygen atoms in total. The molecule has 0 spiro atoms. The Morgan fingerprint density at radius 3 is 2.30 bits per heavy atom. The summed E-state index contributed by atoms with van der Waals surface area (Å²) in [5.74, 6) is 0.631. The molecule has 0 fully saturated rings. The Morgan fingerprint density at radius 2 is 1.65 bits per heavy atom. The van der Waals surface area contributed by atoms with Crippen molar-refractivity contribution in [3.63, 3.8) is 0 Å². The second-order valence-corrected chi connectivity index (χ2v) is 5.62. The number of benzene rings is 2. The fourth-order valence-corrected chi connectivity index (χ4v) is 2.31. The minimum Gasteiger partial charge on any atom is -0.384 e. The van der Waals surface area contributed by atoms with Crippen molar-refractivity contribution < 1.29 is 0 Å². The lowest BCUT2D eigenvalue weighted by atomic mass is 10.2. The molecule has 1 heterocycles. The number of hydrogen-bond acceptors (Lipinski definition) is 2. The van der Waals surface area contributed by atoms with Crippen LogP contribution in [0.1, 0.15) is 5.56 Å². The molecule has 0 saturated carbocycles. The van der Waals surface area contributed by atoms with Crippen LogP contribution in [-0.4, -0.2) is 9.78 Å². The molecule has 0 aliphatic rings. The van der Waals surface area contributed by atoms with Crippen molar-refractivity contribution in [1.82, 2.24) is 9.78 Å². The zero-order chi connectivity index (χ0) is 14.1. The van der Waals surface area contributed by atoms with Crippen LogP contribution in [0.15, 0.2) is 59.1 Å². The molecule has 0 atom stereocenters. The van der Waals surface area contributed by atoms with Gasteiger partial charge in [-0.15, -0.1) is 0 Å². The zero-order valence-corrected chi connectivity index (χ0v) is 12.6. The summed E-state index contributed by atoms with van der Waals surface area (Å²) in [5.41, 5.74) is 10.2. The first-order chi connectivity index (χ1) is 9.63. The number of aromatic nitrogens is 2. The van der Waals surface area contributed by atoms with Gasteiger partial charge in [-0.3, -0.25) is 0 Å². The van der Waals surface area contributed by atoms with E-state index in [0.717, 1.165) is 21.4 Å². The monoisotopic (exact) mass is 327 g/mol. The minimum absolute atomic E-state index is 0.631. The first-order valence-corrected chi connectivity index (χ1v) is 7.11. The van der Waals surface area contributed by atoms with Crippen LogP contribution in [0.2, 0.25) is 0 Å². The molecular formula is C16H14BrN3. The Morgan fingerprint density at radius 1 is 1.00 bits per heavy atom. The first-order valence-electron chi connectivity index (χ1n) is 6.32. The van der Waals surface area contributed by atoms with Crippen molar-refractivity contribution in [3.8, 4) is 16.9 Å². The molecule has 2 N–H and O–H groups in total. The highest BCUT2D eigenvalue weighted by atomic mass is 79.9. The summed E-state index contributed by atoms with van der Waals surface area (Å²) in [6, 6.07) is 18.1. The zero-order valence-electron chi connectivity index (χ0n) is 11.0. The lowest BCUT2D eigenvalue weighted by Crippen LogP contribution is -2.01. The third kappa shape index (κ3) is 2.47. The standard InChI is InChI=1S/C16H14BrN3/c1-11-2-8-14(9-3-11)20-16(18)10-15(19-20)12-4-6-13(17)7-5-12/h2-10H,18H2,1H3. The van der Waals surface area contributed by atoms with Crippen molar-refractivity contribution in [2.45, 2.75) is 6.92 Å². The van der Waals surface area contributed by atoms with Crippen LogP contribution in [0.25, 0.3) is 16.9 Å². The van der Waals surface area contributed by atoms with Crippen LogP contribution >= 0.6 is 15.9 Å². The molecule has 0 bridgehead atoms. The second-order valence-electron chi connectivity index (χ2n) is 4.71. The number of rotatable bonds is 2. The van der Waals surface area contributed by atoms with Gasteiger partial charge in [0.1, 0.15) is 5.82 Å². The smallest absolute Gasteiger partial charge is 0.127 e. The molecule has 0 aliphatic heterocycles. The maximum absolute atomic E-state index is 6.07. The fourth-order valence-electron chi connectivity index (χ4n) is 2.05. The molecular weight excluding hydrogens is 314 g/mol. The van der Waals surface area contributed by atoms with E-state index in [1.165, 1.54) is 5.56 Å². The summed E-state index contributed by atoms with van der Waals surface area (Å²) in [7, 11) is 0. The van der Waals surface area contributed by atoms with E-state index in [4.69, 9.17) is 5.73 Å².